The maximum Gasteiger partial charge on any atom is 0.251 e. The van der Waals surface area contributed by atoms with Crippen molar-refractivity contribution in [2.45, 2.75) is 33.0 Å². The molecule has 2 aromatic heterocycles. The molecule has 0 fully saturated rings. The smallest absolute Gasteiger partial charge is 0.251 e. The van der Waals surface area contributed by atoms with Crippen molar-refractivity contribution in [2.24, 2.45) is 0 Å². The number of carbonyl (C=O) groups excluding carboxylic acids is 2. The Kier molecular flexibility index (Phi) is 7.88. The molecule has 39 heavy (non-hydrogen) atoms. The molecule has 1 N–H and O–H groups in total. The highest BCUT2D eigenvalue weighted by Gasteiger charge is 2.33. The number of hydrogen-bond acceptors (Lipinski definition) is 6. The van der Waals surface area contributed by atoms with Crippen molar-refractivity contribution in [1.29, 1.82) is 0 Å². The third-order valence-electron chi connectivity index (χ3n) is 6.23. The standard InChI is InChI=1S/C30H28N6O2S/c1-21-13-15-24(16-14-21)28(30(38)31-19-23-9-4-3-5-10-23)36(25-11-6-8-22(2)18-25)27(37)20-35-33-29(32-34-35)26-12-7-17-39-26/h3-18,28H,19-20H2,1-2H3,(H,31,38)/t28-/m1/s1. The summed E-state index contributed by atoms with van der Waals surface area (Å²) in [7, 11) is 0. The van der Waals surface area contributed by atoms with Crippen molar-refractivity contribution in [3.8, 4) is 10.7 Å². The zero-order chi connectivity index (χ0) is 27.2. The average Bonchev–Trinajstić information content (AvgIpc) is 3.64. The highest BCUT2D eigenvalue weighted by Crippen LogP contribution is 2.30. The summed E-state index contributed by atoms with van der Waals surface area (Å²) in [4.78, 5) is 31.5. The SMILES string of the molecule is Cc1ccc([C@H](C(=O)NCc2ccccc2)N(C(=O)Cn2nnc(-c3cccs3)n2)c2cccc(C)c2)cc1. The molecule has 5 aromatic rings. The quantitative estimate of drug-likeness (QED) is 0.283. The van der Waals surface area contributed by atoms with Crippen LogP contribution in [0.4, 0.5) is 5.69 Å². The second-order valence-corrected chi connectivity index (χ2v) is 10.2. The molecule has 5 rings (SSSR count). The van der Waals surface area contributed by atoms with Crippen molar-refractivity contribution >= 4 is 28.8 Å². The molecule has 0 aliphatic rings. The molecule has 0 radical (unpaired) electrons. The Labute approximate surface area is 230 Å². The molecule has 0 aliphatic heterocycles. The van der Waals surface area contributed by atoms with Crippen LogP contribution in [-0.2, 0) is 22.7 Å². The number of anilines is 1. The molecule has 0 saturated heterocycles. The summed E-state index contributed by atoms with van der Waals surface area (Å²) < 4.78 is 0. The van der Waals surface area contributed by atoms with E-state index >= 15 is 0 Å². The van der Waals surface area contributed by atoms with Gasteiger partial charge in [0.05, 0.1) is 4.88 Å². The molecule has 3 aromatic carbocycles. The minimum atomic E-state index is -0.913. The summed E-state index contributed by atoms with van der Waals surface area (Å²) in [6, 6.07) is 27.8. The maximum absolute atomic E-state index is 14.0. The van der Waals surface area contributed by atoms with Crippen molar-refractivity contribution < 1.29 is 9.59 Å². The minimum absolute atomic E-state index is 0.180. The van der Waals surface area contributed by atoms with E-state index in [9.17, 15) is 9.59 Å². The van der Waals surface area contributed by atoms with E-state index in [1.807, 2.05) is 110 Å². The number of amides is 2. The molecule has 1 atom stereocenters. The predicted octanol–water partition coefficient (Wildman–Crippen LogP) is 5.11. The second-order valence-electron chi connectivity index (χ2n) is 9.24. The largest absolute Gasteiger partial charge is 0.350 e. The van der Waals surface area contributed by atoms with Crippen molar-refractivity contribution in [1.82, 2.24) is 25.5 Å². The van der Waals surface area contributed by atoms with Crippen molar-refractivity contribution in [2.75, 3.05) is 4.90 Å². The van der Waals surface area contributed by atoms with Gasteiger partial charge in [-0.15, -0.1) is 21.5 Å². The maximum atomic E-state index is 14.0. The first-order valence-electron chi connectivity index (χ1n) is 12.6. The fourth-order valence-corrected chi connectivity index (χ4v) is 4.92. The highest BCUT2D eigenvalue weighted by atomic mass is 32.1. The monoisotopic (exact) mass is 536 g/mol. The number of aryl methyl sites for hydroxylation is 2. The number of benzene rings is 3. The summed E-state index contributed by atoms with van der Waals surface area (Å²) in [5.74, 6) is -0.171. The van der Waals surface area contributed by atoms with Gasteiger partial charge in [0, 0.05) is 12.2 Å². The lowest BCUT2D eigenvalue weighted by Crippen LogP contribution is -2.45. The number of thiophene rings is 1. The summed E-state index contributed by atoms with van der Waals surface area (Å²) in [5, 5.41) is 17.6. The van der Waals surface area contributed by atoms with Gasteiger partial charge in [-0.05, 0) is 59.3 Å². The van der Waals surface area contributed by atoms with Gasteiger partial charge in [0.25, 0.3) is 5.91 Å². The molecule has 0 spiro atoms. The van der Waals surface area contributed by atoms with E-state index < -0.39 is 6.04 Å². The Morgan fingerprint density at radius 1 is 0.923 bits per heavy atom. The molecule has 2 heterocycles. The number of hydrogen-bond donors (Lipinski definition) is 1. The normalized spacial score (nSPS) is 11.6. The molecule has 9 heteroatoms. The number of rotatable bonds is 9. The molecule has 196 valence electrons. The van der Waals surface area contributed by atoms with Crippen LogP contribution in [0.2, 0.25) is 0 Å². The van der Waals surface area contributed by atoms with Crippen LogP contribution in [0.15, 0.2) is 96.4 Å². The lowest BCUT2D eigenvalue weighted by atomic mass is 10.0. The molecule has 0 saturated carbocycles. The molecule has 0 aliphatic carbocycles. The van der Waals surface area contributed by atoms with Crippen LogP contribution in [0.3, 0.4) is 0 Å². The molecular weight excluding hydrogens is 508 g/mol. The Morgan fingerprint density at radius 3 is 2.44 bits per heavy atom. The van der Waals surface area contributed by atoms with Gasteiger partial charge in [-0.1, -0.05) is 78.4 Å². The fourth-order valence-electron chi connectivity index (χ4n) is 4.27. The highest BCUT2D eigenvalue weighted by molar-refractivity contribution is 7.13. The Hall–Kier alpha value is -4.63. The van der Waals surface area contributed by atoms with E-state index in [0.717, 1.165) is 21.6 Å². The van der Waals surface area contributed by atoms with E-state index in [1.165, 1.54) is 21.0 Å². The van der Waals surface area contributed by atoms with Gasteiger partial charge in [0.15, 0.2) is 0 Å². The molecule has 0 unspecified atom stereocenters. The summed E-state index contributed by atoms with van der Waals surface area (Å²) in [5.41, 5.74) is 4.31. The summed E-state index contributed by atoms with van der Waals surface area (Å²) in [6.45, 7) is 4.10. The van der Waals surface area contributed by atoms with Crippen LogP contribution in [0.1, 0.15) is 28.3 Å². The van der Waals surface area contributed by atoms with Crippen LogP contribution < -0.4 is 10.2 Å². The average molecular weight is 537 g/mol. The molecular formula is C30H28N6O2S. The van der Waals surface area contributed by atoms with Crippen LogP contribution in [0.5, 0.6) is 0 Å². The number of nitrogens with one attached hydrogen (secondary N) is 1. The fraction of sp³-hybridized carbons (Fsp3) is 0.167. The molecule has 0 bridgehead atoms. The lowest BCUT2D eigenvalue weighted by molar-refractivity contribution is -0.127. The first-order valence-corrected chi connectivity index (χ1v) is 13.4. The third-order valence-corrected chi connectivity index (χ3v) is 7.09. The number of tetrazole rings is 1. The number of aromatic nitrogens is 4. The van der Waals surface area contributed by atoms with Gasteiger partial charge in [0.1, 0.15) is 12.6 Å². The Bertz CT molecular complexity index is 1550. The predicted molar refractivity (Wildman–Crippen MR) is 152 cm³/mol. The lowest BCUT2D eigenvalue weighted by Gasteiger charge is -2.31. The van der Waals surface area contributed by atoms with Gasteiger partial charge < -0.3 is 5.32 Å². The van der Waals surface area contributed by atoms with Crippen LogP contribution in [0, 0.1) is 13.8 Å². The molecule has 8 nitrogen and oxygen atoms in total. The van der Waals surface area contributed by atoms with Crippen LogP contribution in [0.25, 0.3) is 10.7 Å². The topological polar surface area (TPSA) is 93.0 Å². The van der Waals surface area contributed by atoms with Gasteiger partial charge in [-0.25, -0.2) is 0 Å². The number of nitrogens with zero attached hydrogens (tertiary/aromatic N) is 5. The van der Waals surface area contributed by atoms with Crippen LogP contribution in [-0.4, -0.2) is 32.0 Å². The first kappa shape index (κ1) is 26.0. The van der Waals surface area contributed by atoms with E-state index in [-0.39, 0.29) is 18.4 Å². The minimum Gasteiger partial charge on any atom is -0.350 e. The van der Waals surface area contributed by atoms with Gasteiger partial charge in [0.2, 0.25) is 11.7 Å². The van der Waals surface area contributed by atoms with E-state index in [4.69, 9.17) is 0 Å². The Morgan fingerprint density at radius 2 is 1.72 bits per heavy atom. The van der Waals surface area contributed by atoms with Gasteiger partial charge in [-0.3, -0.25) is 14.5 Å². The Balaban J connectivity index is 1.50. The number of carbonyl (C=O) groups is 2. The first-order chi connectivity index (χ1) is 19.0. The zero-order valence-electron chi connectivity index (χ0n) is 21.7. The summed E-state index contributed by atoms with van der Waals surface area (Å²) >= 11 is 1.50. The van der Waals surface area contributed by atoms with E-state index in [1.54, 1.807) is 0 Å². The third kappa shape index (κ3) is 6.27. The molecule has 2 amide bonds. The summed E-state index contributed by atoms with van der Waals surface area (Å²) in [6.07, 6.45) is 0. The van der Waals surface area contributed by atoms with E-state index in [0.29, 0.717) is 23.6 Å². The van der Waals surface area contributed by atoms with Crippen molar-refractivity contribution in [3.05, 3.63) is 119 Å². The second kappa shape index (κ2) is 11.8. The van der Waals surface area contributed by atoms with E-state index in [2.05, 4.69) is 20.7 Å². The van der Waals surface area contributed by atoms with Gasteiger partial charge in [-0.2, -0.15) is 4.80 Å². The van der Waals surface area contributed by atoms with Crippen molar-refractivity contribution in [3.63, 3.8) is 0 Å². The van der Waals surface area contributed by atoms with Gasteiger partial charge >= 0.3 is 0 Å². The zero-order valence-corrected chi connectivity index (χ0v) is 22.5. The van der Waals surface area contributed by atoms with Crippen LogP contribution >= 0.6 is 11.3 Å².